The number of ether oxygens (including phenoxy) is 2. The predicted octanol–water partition coefficient (Wildman–Crippen LogP) is 2.16. The molecule has 0 radical (unpaired) electrons. The number of fused-ring (bicyclic) bond motifs is 1. The molecule has 0 spiro atoms. The molecule has 19 heavy (non-hydrogen) atoms. The molecule has 0 saturated carbocycles. The van der Waals surface area contributed by atoms with Gasteiger partial charge in [-0.25, -0.2) is 4.98 Å². The summed E-state index contributed by atoms with van der Waals surface area (Å²) in [5.41, 5.74) is 6.50. The standard InChI is InChI=1S/C14H17N3O2/c15-14-16-12-7-2-1-6-11(12)13(17-14)19-9-10-5-3-4-8-18-10/h1-2,6-7,10H,3-5,8-9H2,(H2,15,16,17). The highest BCUT2D eigenvalue weighted by Gasteiger charge is 2.16. The first-order valence-corrected chi connectivity index (χ1v) is 6.59. The number of rotatable bonds is 3. The fourth-order valence-corrected chi connectivity index (χ4v) is 2.29. The SMILES string of the molecule is Nc1nc(OCC2CCCCO2)c2ccccc2n1. The van der Waals surface area contributed by atoms with Crippen molar-refractivity contribution < 1.29 is 9.47 Å². The molecule has 1 fully saturated rings. The minimum atomic E-state index is 0.156. The lowest BCUT2D eigenvalue weighted by Crippen LogP contribution is -2.26. The highest BCUT2D eigenvalue weighted by atomic mass is 16.5. The van der Waals surface area contributed by atoms with Crippen LogP contribution in [-0.4, -0.2) is 29.3 Å². The van der Waals surface area contributed by atoms with Gasteiger partial charge in [-0.05, 0) is 31.4 Å². The van der Waals surface area contributed by atoms with Gasteiger partial charge in [-0.2, -0.15) is 4.98 Å². The topological polar surface area (TPSA) is 70.3 Å². The lowest BCUT2D eigenvalue weighted by Gasteiger charge is -2.22. The second-order valence-electron chi connectivity index (χ2n) is 4.70. The summed E-state index contributed by atoms with van der Waals surface area (Å²) in [5, 5.41) is 0.882. The van der Waals surface area contributed by atoms with Crippen molar-refractivity contribution >= 4 is 16.9 Å². The van der Waals surface area contributed by atoms with Gasteiger partial charge in [0.15, 0.2) is 0 Å². The average Bonchev–Trinajstić information content (AvgIpc) is 2.45. The third-order valence-electron chi connectivity index (χ3n) is 3.27. The molecule has 1 aromatic carbocycles. The third kappa shape index (κ3) is 2.76. The molecule has 2 N–H and O–H groups in total. The van der Waals surface area contributed by atoms with Crippen LogP contribution in [0.3, 0.4) is 0 Å². The van der Waals surface area contributed by atoms with Crippen molar-refractivity contribution in [3.05, 3.63) is 24.3 Å². The molecule has 5 nitrogen and oxygen atoms in total. The maximum absolute atomic E-state index is 5.78. The maximum Gasteiger partial charge on any atom is 0.226 e. The van der Waals surface area contributed by atoms with Crippen molar-refractivity contribution in [2.45, 2.75) is 25.4 Å². The van der Waals surface area contributed by atoms with E-state index in [-0.39, 0.29) is 12.1 Å². The molecule has 0 bridgehead atoms. The van der Waals surface area contributed by atoms with Crippen LogP contribution in [0, 0.1) is 0 Å². The van der Waals surface area contributed by atoms with Crippen LogP contribution in [0.4, 0.5) is 5.95 Å². The van der Waals surface area contributed by atoms with Crippen molar-refractivity contribution in [2.75, 3.05) is 18.9 Å². The van der Waals surface area contributed by atoms with E-state index in [4.69, 9.17) is 15.2 Å². The Morgan fingerprint density at radius 3 is 3.00 bits per heavy atom. The van der Waals surface area contributed by atoms with Gasteiger partial charge in [0, 0.05) is 6.61 Å². The number of aromatic nitrogens is 2. The summed E-state index contributed by atoms with van der Waals surface area (Å²) < 4.78 is 11.4. The van der Waals surface area contributed by atoms with Crippen molar-refractivity contribution in [3.63, 3.8) is 0 Å². The number of nitrogens with two attached hydrogens (primary N) is 1. The Morgan fingerprint density at radius 2 is 2.16 bits per heavy atom. The fraction of sp³-hybridized carbons (Fsp3) is 0.429. The molecule has 1 aromatic heterocycles. The van der Waals surface area contributed by atoms with Crippen LogP contribution in [0.2, 0.25) is 0 Å². The van der Waals surface area contributed by atoms with E-state index in [2.05, 4.69) is 9.97 Å². The van der Waals surface area contributed by atoms with Gasteiger partial charge < -0.3 is 15.2 Å². The first-order valence-electron chi connectivity index (χ1n) is 6.59. The van der Waals surface area contributed by atoms with Gasteiger partial charge in [0.05, 0.1) is 17.0 Å². The lowest BCUT2D eigenvalue weighted by molar-refractivity contribution is -0.0116. The molecule has 3 rings (SSSR count). The van der Waals surface area contributed by atoms with Crippen LogP contribution in [0.25, 0.3) is 10.9 Å². The van der Waals surface area contributed by atoms with Crippen molar-refractivity contribution in [3.8, 4) is 5.88 Å². The van der Waals surface area contributed by atoms with Gasteiger partial charge in [-0.15, -0.1) is 0 Å². The molecule has 2 aromatic rings. The summed E-state index contributed by atoms with van der Waals surface area (Å²) in [6.07, 6.45) is 3.53. The van der Waals surface area contributed by atoms with E-state index in [1.54, 1.807) is 0 Å². The monoisotopic (exact) mass is 259 g/mol. The van der Waals surface area contributed by atoms with Crippen LogP contribution >= 0.6 is 0 Å². The van der Waals surface area contributed by atoms with E-state index in [1.165, 1.54) is 6.42 Å². The molecular weight excluding hydrogens is 242 g/mol. The zero-order valence-corrected chi connectivity index (χ0v) is 10.7. The Balaban J connectivity index is 1.79. The highest BCUT2D eigenvalue weighted by molar-refractivity contribution is 5.84. The molecule has 2 heterocycles. The van der Waals surface area contributed by atoms with E-state index < -0.39 is 0 Å². The first kappa shape index (κ1) is 12.2. The zero-order chi connectivity index (χ0) is 13.1. The number of nitrogen functional groups attached to an aromatic ring is 1. The molecule has 1 unspecified atom stereocenters. The average molecular weight is 259 g/mol. The van der Waals surface area contributed by atoms with Gasteiger partial charge in [0.2, 0.25) is 11.8 Å². The third-order valence-corrected chi connectivity index (χ3v) is 3.27. The van der Waals surface area contributed by atoms with Gasteiger partial charge in [-0.3, -0.25) is 0 Å². The molecule has 1 saturated heterocycles. The largest absolute Gasteiger partial charge is 0.474 e. The molecular formula is C14H17N3O2. The number of para-hydroxylation sites is 1. The normalized spacial score (nSPS) is 19.5. The molecule has 1 aliphatic heterocycles. The smallest absolute Gasteiger partial charge is 0.226 e. The van der Waals surface area contributed by atoms with Gasteiger partial charge in [-0.1, -0.05) is 12.1 Å². The maximum atomic E-state index is 5.78. The Morgan fingerprint density at radius 1 is 1.26 bits per heavy atom. The van der Waals surface area contributed by atoms with Gasteiger partial charge in [0.25, 0.3) is 0 Å². The summed E-state index contributed by atoms with van der Waals surface area (Å²) in [6.45, 7) is 1.33. The number of nitrogens with zero attached hydrogens (tertiary/aromatic N) is 2. The number of benzene rings is 1. The minimum Gasteiger partial charge on any atom is -0.474 e. The summed E-state index contributed by atoms with van der Waals surface area (Å²) in [6, 6.07) is 7.69. The van der Waals surface area contributed by atoms with E-state index in [9.17, 15) is 0 Å². The molecule has 0 aliphatic carbocycles. The van der Waals surface area contributed by atoms with E-state index in [1.807, 2.05) is 24.3 Å². The highest BCUT2D eigenvalue weighted by Crippen LogP contribution is 2.23. The summed E-state index contributed by atoms with van der Waals surface area (Å²) in [4.78, 5) is 8.36. The quantitative estimate of drug-likeness (QED) is 0.914. The number of anilines is 1. The van der Waals surface area contributed by atoms with Crippen LogP contribution in [0.15, 0.2) is 24.3 Å². The number of hydrogen-bond donors (Lipinski definition) is 1. The van der Waals surface area contributed by atoms with Gasteiger partial charge >= 0.3 is 0 Å². The molecule has 1 aliphatic rings. The van der Waals surface area contributed by atoms with Gasteiger partial charge in [0.1, 0.15) is 6.61 Å². The Hall–Kier alpha value is -1.88. The second-order valence-corrected chi connectivity index (χ2v) is 4.70. The molecule has 0 amide bonds. The Labute approximate surface area is 111 Å². The van der Waals surface area contributed by atoms with Crippen LogP contribution in [0.5, 0.6) is 5.88 Å². The summed E-state index contributed by atoms with van der Waals surface area (Å²) in [5.74, 6) is 0.774. The zero-order valence-electron chi connectivity index (χ0n) is 10.7. The Kier molecular flexibility index (Phi) is 3.46. The molecule has 5 heteroatoms. The summed E-state index contributed by atoms with van der Waals surface area (Å²) >= 11 is 0. The molecule has 100 valence electrons. The van der Waals surface area contributed by atoms with Crippen LogP contribution < -0.4 is 10.5 Å². The van der Waals surface area contributed by atoms with E-state index >= 15 is 0 Å². The van der Waals surface area contributed by atoms with Crippen molar-refractivity contribution in [1.82, 2.24) is 9.97 Å². The van der Waals surface area contributed by atoms with Crippen molar-refractivity contribution in [2.24, 2.45) is 0 Å². The van der Waals surface area contributed by atoms with Crippen molar-refractivity contribution in [1.29, 1.82) is 0 Å². The predicted molar refractivity (Wildman–Crippen MR) is 73.0 cm³/mol. The minimum absolute atomic E-state index is 0.156. The van der Waals surface area contributed by atoms with E-state index in [0.29, 0.717) is 12.5 Å². The summed E-state index contributed by atoms with van der Waals surface area (Å²) in [7, 11) is 0. The molecule has 1 atom stereocenters. The van der Waals surface area contributed by atoms with Crippen LogP contribution in [0.1, 0.15) is 19.3 Å². The first-order chi connectivity index (χ1) is 9.33. The lowest BCUT2D eigenvalue weighted by atomic mass is 10.1. The second kappa shape index (κ2) is 5.40. The van der Waals surface area contributed by atoms with Crippen LogP contribution in [-0.2, 0) is 4.74 Å². The fourth-order valence-electron chi connectivity index (χ4n) is 2.29. The Bertz CT molecular complexity index is 568. The number of hydrogen-bond acceptors (Lipinski definition) is 5. The van der Waals surface area contributed by atoms with E-state index in [0.717, 1.165) is 30.4 Å².